The first kappa shape index (κ1) is 34.2. The summed E-state index contributed by atoms with van der Waals surface area (Å²) in [6, 6.07) is 70.1. The van der Waals surface area contributed by atoms with Crippen molar-refractivity contribution in [3.63, 3.8) is 0 Å². The van der Waals surface area contributed by atoms with Crippen molar-refractivity contribution in [3.05, 3.63) is 218 Å². The van der Waals surface area contributed by atoms with Gasteiger partial charge in [0.15, 0.2) is 0 Å². The summed E-state index contributed by atoms with van der Waals surface area (Å²) in [5.74, 6) is -0.628. The van der Waals surface area contributed by atoms with E-state index in [-0.39, 0.29) is 11.6 Å². The molecule has 0 bridgehead atoms. The van der Waals surface area contributed by atoms with Gasteiger partial charge in [-0.3, -0.25) is 0 Å². The maximum absolute atomic E-state index is 14.8. The molecule has 0 radical (unpaired) electrons. The van der Waals surface area contributed by atoms with Crippen molar-refractivity contribution >= 4 is 65.2 Å². The van der Waals surface area contributed by atoms with Crippen LogP contribution < -0.4 is 0 Å². The van der Waals surface area contributed by atoms with E-state index in [0.717, 1.165) is 60.4 Å². The first-order valence-corrected chi connectivity index (χ1v) is 20.2. The maximum atomic E-state index is 14.8. The van der Waals surface area contributed by atoms with Crippen LogP contribution in [0.25, 0.3) is 110 Å². The van der Waals surface area contributed by atoms with Crippen molar-refractivity contribution < 1.29 is 8.78 Å². The van der Waals surface area contributed by atoms with Gasteiger partial charge >= 0.3 is 0 Å². The molecule has 0 unspecified atom stereocenters. The number of fused-ring (bicyclic) bond motifs is 8. The standard InChI is InChI=1S/C56H34F2N2/c57-39-13-10-14-42(33-39)60-53-29-24-38(32-49(53)50-34-40(58)25-30-54(50)60)37-23-28-52-48(31-37)43-15-8-9-20-51(43)59(52)41-26-21-36(22-27-41)56-46-18-6-4-16-44(46)55(35-11-2-1-3-12-35)45-17-5-7-19-47(45)56/h1-34H. The molecular formula is C56H34F2N2. The lowest BCUT2D eigenvalue weighted by Crippen LogP contribution is -1.95. The van der Waals surface area contributed by atoms with Gasteiger partial charge in [0.1, 0.15) is 11.6 Å². The lowest BCUT2D eigenvalue weighted by Gasteiger charge is -2.18. The van der Waals surface area contributed by atoms with E-state index in [0.29, 0.717) is 5.69 Å². The summed E-state index contributed by atoms with van der Waals surface area (Å²) in [5.41, 5.74) is 12.7. The predicted octanol–water partition coefficient (Wildman–Crippen LogP) is 15.5. The van der Waals surface area contributed by atoms with Crippen molar-refractivity contribution in [1.29, 1.82) is 0 Å². The quantitative estimate of drug-likeness (QED) is 0.154. The van der Waals surface area contributed by atoms with E-state index in [1.54, 1.807) is 18.2 Å². The second-order valence-corrected chi connectivity index (χ2v) is 15.5. The van der Waals surface area contributed by atoms with Gasteiger partial charge in [-0.05, 0) is 134 Å². The fourth-order valence-electron chi connectivity index (χ4n) is 9.63. The van der Waals surface area contributed by atoms with Crippen LogP contribution in [0.15, 0.2) is 206 Å². The highest BCUT2D eigenvalue weighted by Crippen LogP contribution is 2.44. The van der Waals surface area contributed by atoms with E-state index in [9.17, 15) is 8.78 Å². The molecule has 0 fully saturated rings. The molecule has 0 atom stereocenters. The highest BCUT2D eigenvalue weighted by molar-refractivity contribution is 6.21. The smallest absolute Gasteiger partial charge is 0.125 e. The zero-order valence-corrected chi connectivity index (χ0v) is 32.3. The summed E-state index contributed by atoms with van der Waals surface area (Å²) in [4.78, 5) is 0. The third-order valence-corrected chi connectivity index (χ3v) is 12.2. The first-order chi connectivity index (χ1) is 29.6. The molecule has 0 saturated heterocycles. The summed E-state index contributed by atoms with van der Waals surface area (Å²) in [6.07, 6.45) is 0. The van der Waals surface area contributed by atoms with E-state index >= 15 is 0 Å². The number of hydrogen-bond acceptors (Lipinski definition) is 0. The average molecular weight is 773 g/mol. The Kier molecular flexibility index (Phi) is 7.63. The number of aromatic nitrogens is 2. The van der Waals surface area contributed by atoms with E-state index in [1.807, 2.05) is 10.6 Å². The highest BCUT2D eigenvalue weighted by Gasteiger charge is 2.19. The van der Waals surface area contributed by atoms with E-state index < -0.39 is 0 Å². The highest BCUT2D eigenvalue weighted by atomic mass is 19.1. The molecule has 0 aliphatic carbocycles. The van der Waals surface area contributed by atoms with Gasteiger partial charge in [-0.15, -0.1) is 0 Å². The maximum Gasteiger partial charge on any atom is 0.125 e. The molecule has 0 aliphatic rings. The molecule has 2 aromatic heterocycles. The Balaban J connectivity index is 0.992. The van der Waals surface area contributed by atoms with Crippen molar-refractivity contribution in [3.8, 4) is 44.8 Å². The minimum absolute atomic E-state index is 0.309. The van der Waals surface area contributed by atoms with Crippen LogP contribution in [0, 0.1) is 11.6 Å². The number of halogens is 2. The van der Waals surface area contributed by atoms with Crippen molar-refractivity contribution in [2.24, 2.45) is 0 Å². The minimum Gasteiger partial charge on any atom is -0.309 e. The number of benzene rings is 10. The fraction of sp³-hybridized carbons (Fsp3) is 0. The van der Waals surface area contributed by atoms with Crippen LogP contribution in [0.1, 0.15) is 0 Å². The summed E-state index contributed by atoms with van der Waals surface area (Å²) >= 11 is 0. The summed E-state index contributed by atoms with van der Waals surface area (Å²) in [5, 5.41) is 8.94. The molecule has 12 aromatic rings. The zero-order chi connectivity index (χ0) is 39.9. The molecule has 2 heterocycles. The van der Waals surface area contributed by atoms with Gasteiger partial charge in [-0.25, -0.2) is 8.78 Å². The summed E-state index contributed by atoms with van der Waals surface area (Å²) < 4.78 is 33.6. The SMILES string of the molecule is Fc1cccc(-n2c3ccc(F)cc3c3cc(-c4ccc5c(c4)c4ccccc4n5-c4ccc(-c5c6ccccc6c(-c6ccccc6)c6ccccc56)cc4)ccc32)c1. The average Bonchev–Trinajstić information content (AvgIpc) is 3.80. The van der Waals surface area contributed by atoms with Gasteiger partial charge in [0.05, 0.1) is 22.1 Å². The fourth-order valence-corrected chi connectivity index (χ4v) is 9.63. The third kappa shape index (κ3) is 5.24. The van der Waals surface area contributed by atoms with Crippen LogP contribution >= 0.6 is 0 Å². The monoisotopic (exact) mass is 772 g/mol. The number of nitrogens with zero attached hydrogens (tertiary/aromatic N) is 2. The van der Waals surface area contributed by atoms with Gasteiger partial charge in [0.25, 0.3) is 0 Å². The molecular weight excluding hydrogens is 739 g/mol. The van der Waals surface area contributed by atoms with Gasteiger partial charge in [0.2, 0.25) is 0 Å². The number of rotatable bonds is 5. The Morgan fingerprint density at radius 3 is 1.28 bits per heavy atom. The number of para-hydroxylation sites is 1. The molecule has 282 valence electrons. The van der Waals surface area contributed by atoms with E-state index in [4.69, 9.17) is 0 Å². The Bertz CT molecular complexity index is 3610. The molecule has 60 heavy (non-hydrogen) atoms. The Labute approximate surface area is 344 Å². The zero-order valence-electron chi connectivity index (χ0n) is 32.3. The van der Waals surface area contributed by atoms with Crippen LogP contribution in [0.4, 0.5) is 8.78 Å². The second kappa shape index (κ2) is 13.4. The van der Waals surface area contributed by atoms with E-state index in [1.165, 1.54) is 62.0 Å². The van der Waals surface area contributed by atoms with E-state index in [2.05, 4.69) is 168 Å². The minimum atomic E-state index is -0.319. The Morgan fingerprint density at radius 2 is 0.683 bits per heavy atom. The molecule has 10 aromatic carbocycles. The van der Waals surface area contributed by atoms with Crippen LogP contribution in [0.3, 0.4) is 0 Å². The molecule has 0 spiro atoms. The van der Waals surface area contributed by atoms with Crippen molar-refractivity contribution in [2.75, 3.05) is 0 Å². The van der Waals surface area contributed by atoms with Crippen LogP contribution in [-0.2, 0) is 0 Å². The number of hydrogen-bond donors (Lipinski definition) is 0. The first-order valence-electron chi connectivity index (χ1n) is 20.2. The molecule has 0 amide bonds. The van der Waals surface area contributed by atoms with Gasteiger partial charge in [0, 0.05) is 32.9 Å². The topological polar surface area (TPSA) is 9.86 Å². The van der Waals surface area contributed by atoms with Gasteiger partial charge in [-0.2, -0.15) is 0 Å². The Morgan fingerprint density at radius 1 is 0.250 bits per heavy atom. The van der Waals surface area contributed by atoms with Gasteiger partial charge in [-0.1, -0.05) is 127 Å². The lowest BCUT2D eigenvalue weighted by molar-refractivity contribution is 0.626. The predicted molar refractivity (Wildman–Crippen MR) is 246 cm³/mol. The molecule has 4 heteroatoms. The molecule has 0 N–H and O–H groups in total. The summed E-state index contributed by atoms with van der Waals surface area (Å²) in [6.45, 7) is 0. The van der Waals surface area contributed by atoms with Gasteiger partial charge < -0.3 is 9.13 Å². The van der Waals surface area contributed by atoms with Crippen LogP contribution in [0.2, 0.25) is 0 Å². The summed E-state index contributed by atoms with van der Waals surface area (Å²) in [7, 11) is 0. The molecule has 0 saturated carbocycles. The molecule has 12 rings (SSSR count). The lowest BCUT2D eigenvalue weighted by atomic mass is 9.86. The Hall–Kier alpha value is -7.82. The van der Waals surface area contributed by atoms with Crippen LogP contribution in [0.5, 0.6) is 0 Å². The normalized spacial score (nSPS) is 11.8. The third-order valence-electron chi connectivity index (χ3n) is 12.2. The largest absolute Gasteiger partial charge is 0.309 e. The van der Waals surface area contributed by atoms with Crippen LogP contribution in [-0.4, -0.2) is 9.13 Å². The molecule has 0 aliphatic heterocycles. The second-order valence-electron chi connectivity index (χ2n) is 15.5. The van der Waals surface area contributed by atoms with Crippen molar-refractivity contribution in [2.45, 2.75) is 0 Å². The van der Waals surface area contributed by atoms with Crippen molar-refractivity contribution in [1.82, 2.24) is 9.13 Å². The molecule has 2 nitrogen and oxygen atoms in total.